The monoisotopic (exact) mass is 433 g/mol. The van der Waals surface area contributed by atoms with Gasteiger partial charge in [0.05, 0.1) is 5.69 Å². The van der Waals surface area contributed by atoms with E-state index in [9.17, 15) is 4.79 Å². The van der Waals surface area contributed by atoms with Crippen molar-refractivity contribution >= 4 is 54.8 Å². The van der Waals surface area contributed by atoms with Crippen LogP contribution < -0.4 is 16.0 Å². The van der Waals surface area contributed by atoms with E-state index in [0.29, 0.717) is 18.0 Å². The molecular formula is C18H26Cl3N5O. The first-order chi connectivity index (χ1) is 11.6. The number of rotatable bonds is 5. The maximum absolute atomic E-state index is 11.9. The zero-order valence-electron chi connectivity index (χ0n) is 15.3. The second-order valence-electron chi connectivity index (χ2n) is 6.05. The van der Waals surface area contributed by atoms with Gasteiger partial charge in [-0.25, -0.2) is 4.98 Å². The summed E-state index contributed by atoms with van der Waals surface area (Å²) in [7, 11) is 1.98. The number of nitrogens with zero attached hydrogens (tertiary/aromatic N) is 3. The van der Waals surface area contributed by atoms with Crippen molar-refractivity contribution in [3.63, 3.8) is 0 Å². The first-order valence-electron chi connectivity index (χ1n) is 8.31. The summed E-state index contributed by atoms with van der Waals surface area (Å²) in [5, 5.41) is 3.30. The summed E-state index contributed by atoms with van der Waals surface area (Å²) in [4.78, 5) is 22.9. The maximum Gasteiger partial charge on any atom is 0.222 e. The van der Waals surface area contributed by atoms with Gasteiger partial charge in [-0.3, -0.25) is 4.79 Å². The smallest absolute Gasteiger partial charge is 0.222 e. The van der Waals surface area contributed by atoms with Gasteiger partial charge in [-0.2, -0.15) is 4.98 Å². The van der Waals surface area contributed by atoms with Crippen LogP contribution >= 0.6 is 37.2 Å². The van der Waals surface area contributed by atoms with Crippen molar-refractivity contribution in [2.24, 2.45) is 0 Å². The van der Waals surface area contributed by atoms with Gasteiger partial charge in [-0.05, 0) is 19.5 Å². The quantitative estimate of drug-likeness (QED) is 0.702. The average molecular weight is 435 g/mol. The minimum absolute atomic E-state index is 0. The molecule has 0 radical (unpaired) electrons. The molecule has 1 aliphatic heterocycles. The number of nitrogens with two attached hydrogens (primary N) is 1. The predicted molar refractivity (Wildman–Crippen MR) is 118 cm³/mol. The van der Waals surface area contributed by atoms with Gasteiger partial charge in [0.25, 0.3) is 0 Å². The molecule has 0 aliphatic carbocycles. The second kappa shape index (κ2) is 11.3. The number of likely N-dealkylation sites (N-methyl/N-ethyl adjacent to an activating group) is 1. The largest absolute Gasteiger partial charge is 0.368 e. The molecule has 1 fully saturated rings. The summed E-state index contributed by atoms with van der Waals surface area (Å²) in [5.41, 5.74) is 8.25. The molecule has 1 aromatic heterocycles. The van der Waals surface area contributed by atoms with Gasteiger partial charge in [-0.1, -0.05) is 25.1 Å². The highest BCUT2D eigenvalue weighted by Crippen LogP contribution is 2.26. The van der Waals surface area contributed by atoms with Crippen LogP contribution in [0.1, 0.15) is 30.1 Å². The molecule has 0 amide bonds. The third-order valence-corrected chi connectivity index (χ3v) is 4.45. The van der Waals surface area contributed by atoms with E-state index in [1.807, 2.05) is 44.3 Å². The van der Waals surface area contributed by atoms with Crippen LogP contribution in [0.2, 0.25) is 0 Å². The predicted octanol–water partition coefficient (Wildman–Crippen LogP) is 3.38. The Labute approximate surface area is 178 Å². The minimum atomic E-state index is 0. The fourth-order valence-electron chi connectivity index (χ4n) is 3.02. The van der Waals surface area contributed by atoms with E-state index in [1.54, 1.807) is 0 Å². The van der Waals surface area contributed by atoms with Crippen molar-refractivity contribution in [1.29, 1.82) is 0 Å². The molecule has 0 bridgehead atoms. The van der Waals surface area contributed by atoms with E-state index in [4.69, 9.17) is 5.73 Å². The van der Waals surface area contributed by atoms with Gasteiger partial charge in [0, 0.05) is 42.7 Å². The molecule has 1 unspecified atom stereocenters. The Hall–Kier alpha value is -1.60. The van der Waals surface area contributed by atoms with Crippen LogP contribution in [0.5, 0.6) is 0 Å². The molecule has 1 saturated heterocycles. The van der Waals surface area contributed by atoms with Crippen molar-refractivity contribution in [3.8, 4) is 11.3 Å². The number of ketones is 1. The second-order valence-corrected chi connectivity index (χ2v) is 6.05. The fraction of sp³-hybridized carbons (Fsp3) is 0.389. The van der Waals surface area contributed by atoms with Crippen LogP contribution in [0.25, 0.3) is 11.3 Å². The number of nitrogen functional groups attached to an aromatic ring is 1. The first kappa shape index (κ1) is 25.4. The van der Waals surface area contributed by atoms with E-state index < -0.39 is 0 Å². The summed E-state index contributed by atoms with van der Waals surface area (Å²) >= 11 is 0. The normalized spacial score (nSPS) is 15.3. The van der Waals surface area contributed by atoms with Crippen molar-refractivity contribution in [2.75, 3.05) is 30.8 Å². The van der Waals surface area contributed by atoms with E-state index >= 15 is 0 Å². The number of carbonyl (C=O) groups is 1. The Bertz CT molecular complexity index is 760. The van der Waals surface area contributed by atoms with Crippen LogP contribution in [-0.2, 0) is 0 Å². The molecule has 9 heteroatoms. The first-order valence-corrected chi connectivity index (χ1v) is 8.31. The van der Waals surface area contributed by atoms with Gasteiger partial charge < -0.3 is 16.0 Å². The van der Waals surface area contributed by atoms with Crippen molar-refractivity contribution < 1.29 is 4.79 Å². The van der Waals surface area contributed by atoms with Crippen LogP contribution in [0.4, 0.5) is 11.8 Å². The molecular weight excluding hydrogens is 409 g/mol. The highest BCUT2D eigenvalue weighted by atomic mass is 35.5. The lowest BCUT2D eigenvalue weighted by Gasteiger charge is -2.18. The maximum atomic E-state index is 11.9. The average Bonchev–Trinajstić information content (AvgIpc) is 3.10. The Morgan fingerprint density at radius 3 is 2.63 bits per heavy atom. The number of hydrogen-bond donors (Lipinski definition) is 2. The Balaban J connectivity index is 0.00000225. The summed E-state index contributed by atoms with van der Waals surface area (Å²) in [6.07, 6.45) is 1.57. The SMILES string of the molecule is CCC(=O)c1cccc(-c2cc(N3CCC(NC)C3)nc(N)n2)c1.Cl.Cl.Cl. The van der Waals surface area contributed by atoms with Crippen molar-refractivity contribution in [1.82, 2.24) is 15.3 Å². The van der Waals surface area contributed by atoms with Gasteiger partial charge >= 0.3 is 0 Å². The molecule has 2 heterocycles. The highest BCUT2D eigenvalue weighted by Gasteiger charge is 2.23. The molecule has 2 aromatic rings. The molecule has 1 atom stereocenters. The van der Waals surface area contributed by atoms with Crippen LogP contribution in [-0.4, -0.2) is 41.9 Å². The fourth-order valence-corrected chi connectivity index (χ4v) is 3.02. The third kappa shape index (κ3) is 5.94. The summed E-state index contributed by atoms with van der Waals surface area (Å²) in [5.74, 6) is 1.21. The van der Waals surface area contributed by atoms with Crippen molar-refractivity contribution in [2.45, 2.75) is 25.8 Å². The molecule has 1 aromatic carbocycles. The molecule has 27 heavy (non-hydrogen) atoms. The zero-order valence-corrected chi connectivity index (χ0v) is 17.8. The van der Waals surface area contributed by atoms with Gasteiger partial charge in [0.1, 0.15) is 5.82 Å². The highest BCUT2D eigenvalue weighted by molar-refractivity contribution is 5.96. The number of halogens is 3. The topological polar surface area (TPSA) is 84.1 Å². The molecule has 6 nitrogen and oxygen atoms in total. The van der Waals surface area contributed by atoms with E-state index in [1.165, 1.54) is 0 Å². The third-order valence-electron chi connectivity index (χ3n) is 4.45. The number of anilines is 2. The summed E-state index contributed by atoms with van der Waals surface area (Å²) in [6, 6.07) is 9.94. The van der Waals surface area contributed by atoms with Crippen molar-refractivity contribution in [3.05, 3.63) is 35.9 Å². The molecule has 3 rings (SSSR count). The van der Waals surface area contributed by atoms with Crippen LogP contribution in [0.3, 0.4) is 0 Å². The molecule has 0 spiro atoms. The number of hydrogen-bond acceptors (Lipinski definition) is 6. The van der Waals surface area contributed by atoms with Gasteiger partial charge in [-0.15, -0.1) is 37.2 Å². The lowest BCUT2D eigenvalue weighted by molar-refractivity contribution is 0.0988. The van der Waals surface area contributed by atoms with Gasteiger partial charge in [0.2, 0.25) is 5.95 Å². The molecule has 150 valence electrons. The number of carbonyl (C=O) groups excluding carboxylic acids is 1. The minimum Gasteiger partial charge on any atom is -0.368 e. The summed E-state index contributed by atoms with van der Waals surface area (Å²) < 4.78 is 0. The summed E-state index contributed by atoms with van der Waals surface area (Å²) in [6.45, 7) is 3.71. The number of Topliss-reactive ketones (excluding diaryl/α,β-unsaturated/α-hetero) is 1. The molecule has 1 aliphatic rings. The molecule has 0 saturated carbocycles. The lowest BCUT2D eigenvalue weighted by atomic mass is 10.0. The number of nitrogens with one attached hydrogen (secondary N) is 1. The van der Waals surface area contributed by atoms with E-state index in [-0.39, 0.29) is 49.0 Å². The van der Waals surface area contributed by atoms with Crippen LogP contribution in [0, 0.1) is 0 Å². The van der Waals surface area contributed by atoms with Gasteiger partial charge in [0.15, 0.2) is 5.78 Å². The Morgan fingerprint density at radius 1 is 1.26 bits per heavy atom. The number of aromatic nitrogens is 2. The van der Waals surface area contributed by atoms with E-state index in [2.05, 4.69) is 20.2 Å². The van der Waals surface area contributed by atoms with E-state index in [0.717, 1.165) is 36.6 Å². The molecule has 3 N–H and O–H groups in total. The number of benzene rings is 1. The Kier molecular flexibility index (Phi) is 10.6. The lowest BCUT2D eigenvalue weighted by Crippen LogP contribution is -2.30. The Morgan fingerprint density at radius 2 is 2.00 bits per heavy atom. The zero-order chi connectivity index (χ0) is 17.1. The van der Waals surface area contributed by atoms with Crippen LogP contribution in [0.15, 0.2) is 30.3 Å². The standard InChI is InChI=1S/C18H23N5O.3ClH/c1-3-16(24)13-6-4-5-12(9-13)15-10-17(22-18(19)21-15)23-8-7-14(11-23)20-2;;;/h4-6,9-10,14,20H,3,7-8,11H2,1-2H3,(H2,19,21,22);3*1H.